The molecular formula is C27H22ClF3N6O3S. The Bertz CT molecular complexity index is 1690. The monoisotopic (exact) mass is 602 g/mol. The number of aryl methyl sites for hydroxylation is 2. The van der Waals surface area contributed by atoms with Crippen LogP contribution in [0.5, 0.6) is 5.75 Å². The molecule has 0 saturated carbocycles. The lowest BCUT2D eigenvalue weighted by Crippen LogP contribution is -2.28. The third kappa shape index (κ3) is 5.59. The number of nitrogens with zero attached hydrogens (tertiary/aromatic N) is 5. The summed E-state index contributed by atoms with van der Waals surface area (Å²) in [7, 11) is 1.49. The first-order chi connectivity index (χ1) is 19.3. The standard InChI is InChI=1S/C27H22ClF3N6O3S/c1-12-5-15(16-7-22(28)33-9-20(16)40-4)17(8-32-12)24(38)36-26-35-19-10-37(11-21(19)41-26)25(39)23-14(3)18(27(29,30)31)6-13(2)34-23/h5-9H,10-11H2,1-4H3,(H,35,36,38). The molecule has 2 amide bonds. The highest BCUT2D eigenvalue weighted by Gasteiger charge is 2.37. The van der Waals surface area contributed by atoms with E-state index in [4.69, 9.17) is 16.3 Å². The van der Waals surface area contributed by atoms with Crippen molar-refractivity contribution >= 4 is 39.9 Å². The van der Waals surface area contributed by atoms with Crippen LogP contribution < -0.4 is 10.1 Å². The van der Waals surface area contributed by atoms with Crippen molar-refractivity contribution in [1.82, 2.24) is 24.8 Å². The summed E-state index contributed by atoms with van der Waals surface area (Å²) in [6.45, 7) is 4.64. The number of ether oxygens (including phenoxy) is 1. The number of pyridine rings is 3. The van der Waals surface area contributed by atoms with Gasteiger partial charge in [-0.25, -0.2) is 15.0 Å². The average Bonchev–Trinajstić information content (AvgIpc) is 3.47. The molecule has 5 heterocycles. The van der Waals surface area contributed by atoms with Gasteiger partial charge in [-0.1, -0.05) is 22.9 Å². The quantitative estimate of drug-likeness (QED) is 0.279. The summed E-state index contributed by atoms with van der Waals surface area (Å²) in [5.41, 5.74) is 1.32. The summed E-state index contributed by atoms with van der Waals surface area (Å²) in [6.07, 6.45) is -1.69. The van der Waals surface area contributed by atoms with E-state index in [1.165, 1.54) is 49.6 Å². The molecule has 5 rings (SSSR count). The number of thiazole rings is 1. The Balaban J connectivity index is 1.36. The number of alkyl halides is 3. The van der Waals surface area contributed by atoms with Crippen LogP contribution in [0, 0.1) is 20.8 Å². The van der Waals surface area contributed by atoms with Gasteiger partial charge in [0.1, 0.15) is 16.6 Å². The van der Waals surface area contributed by atoms with E-state index in [9.17, 15) is 22.8 Å². The molecule has 41 heavy (non-hydrogen) atoms. The van der Waals surface area contributed by atoms with Crippen molar-refractivity contribution in [3.63, 3.8) is 0 Å². The lowest BCUT2D eigenvalue weighted by Gasteiger charge is -2.19. The number of fused-ring (bicyclic) bond motifs is 1. The number of carbonyl (C=O) groups is 2. The van der Waals surface area contributed by atoms with Gasteiger partial charge < -0.3 is 9.64 Å². The van der Waals surface area contributed by atoms with Crippen molar-refractivity contribution in [2.45, 2.75) is 40.0 Å². The summed E-state index contributed by atoms with van der Waals surface area (Å²) in [5.74, 6) is -0.664. The van der Waals surface area contributed by atoms with Crippen molar-refractivity contribution in [3.8, 4) is 16.9 Å². The lowest BCUT2D eigenvalue weighted by atomic mass is 10.0. The zero-order valence-electron chi connectivity index (χ0n) is 22.2. The summed E-state index contributed by atoms with van der Waals surface area (Å²) in [5, 5.41) is 3.32. The SMILES string of the molecule is COc1cnc(Cl)cc1-c1cc(C)ncc1C(=O)Nc1nc2c(s1)CN(C(=O)c1nc(C)cc(C(F)(F)F)c1C)C2. The Labute approximate surface area is 241 Å². The predicted octanol–water partition coefficient (Wildman–Crippen LogP) is 6.01. The van der Waals surface area contributed by atoms with Crippen molar-refractivity contribution in [2.75, 3.05) is 12.4 Å². The van der Waals surface area contributed by atoms with Crippen LogP contribution in [-0.4, -0.2) is 43.8 Å². The molecule has 0 unspecified atom stereocenters. The molecule has 1 aliphatic rings. The molecule has 0 atom stereocenters. The number of carbonyl (C=O) groups excluding carboxylic acids is 2. The molecule has 1 aliphatic heterocycles. The Kier molecular flexibility index (Phi) is 7.43. The number of nitrogens with one attached hydrogen (secondary N) is 1. The van der Waals surface area contributed by atoms with Crippen LogP contribution in [0.25, 0.3) is 11.1 Å². The average molecular weight is 603 g/mol. The molecule has 9 nitrogen and oxygen atoms in total. The maximum atomic E-state index is 13.5. The molecule has 0 bridgehead atoms. The van der Waals surface area contributed by atoms with E-state index in [1.807, 2.05) is 0 Å². The molecule has 0 aliphatic carbocycles. The molecule has 0 aromatic carbocycles. The molecule has 0 radical (unpaired) electrons. The number of amides is 2. The van der Waals surface area contributed by atoms with Gasteiger partial charge in [0, 0.05) is 28.7 Å². The van der Waals surface area contributed by atoms with Gasteiger partial charge >= 0.3 is 6.18 Å². The van der Waals surface area contributed by atoms with Gasteiger partial charge in [0.05, 0.1) is 48.1 Å². The van der Waals surface area contributed by atoms with Gasteiger partial charge in [-0.3, -0.25) is 19.9 Å². The predicted molar refractivity (Wildman–Crippen MR) is 146 cm³/mol. The zero-order valence-corrected chi connectivity index (χ0v) is 23.8. The van der Waals surface area contributed by atoms with Gasteiger partial charge in [-0.15, -0.1) is 0 Å². The van der Waals surface area contributed by atoms with Crippen LogP contribution in [0.1, 0.15) is 53.9 Å². The molecule has 4 aromatic heterocycles. The molecular weight excluding hydrogens is 581 g/mol. The first-order valence-corrected chi connectivity index (χ1v) is 13.4. The Morgan fingerprint density at radius 1 is 1.02 bits per heavy atom. The molecule has 1 N–H and O–H groups in total. The molecule has 0 fully saturated rings. The first-order valence-electron chi connectivity index (χ1n) is 12.2. The fourth-order valence-corrected chi connectivity index (χ4v) is 5.68. The number of methoxy groups -OCH3 is 1. The third-order valence-electron chi connectivity index (χ3n) is 6.50. The molecule has 0 saturated heterocycles. The summed E-state index contributed by atoms with van der Waals surface area (Å²) in [6, 6.07) is 4.26. The fourth-order valence-electron chi connectivity index (χ4n) is 4.55. The number of hydrogen-bond acceptors (Lipinski definition) is 8. The van der Waals surface area contributed by atoms with Gasteiger partial charge in [-0.05, 0) is 44.5 Å². The first kappa shape index (κ1) is 28.4. The van der Waals surface area contributed by atoms with Crippen LogP contribution in [0.3, 0.4) is 0 Å². The second-order valence-corrected chi connectivity index (χ2v) is 10.8. The summed E-state index contributed by atoms with van der Waals surface area (Å²) >= 11 is 7.29. The van der Waals surface area contributed by atoms with Gasteiger partial charge in [0.15, 0.2) is 5.13 Å². The van der Waals surface area contributed by atoms with Crippen molar-refractivity contribution in [1.29, 1.82) is 0 Å². The highest BCUT2D eigenvalue weighted by atomic mass is 35.5. The number of hydrogen-bond donors (Lipinski definition) is 1. The van der Waals surface area contributed by atoms with Gasteiger partial charge in [-0.2, -0.15) is 13.2 Å². The normalized spacial score (nSPS) is 12.8. The van der Waals surface area contributed by atoms with Crippen LogP contribution >= 0.6 is 22.9 Å². The molecule has 0 spiro atoms. The van der Waals surface area contributed by atoms with E-state index in [0.717, 1.165) is 6.07 Å². The maximum absolute atomic E-state index is 13.5. The van der Waals surface area contributed by atoms with Crippen molar-refractivity contribution in [3.05, 3.63) is 80.1 Å². The Morgan fingerprint density at radius 2 is 1.78 bits per heavy atom. The van der Waals surface area contributed by atoms with E-state index < -0.39 is 23.6 Å². The van der Waals surface area contributed by atoms with Crippen molar-refractivity contribution in [2.24, 2.45) is 0 Å². The molecule has 212 valence electrons. The summed E-state index contributed by atoms with van der Waals surface area (Å²) in [4.78, 5) is 45.4. The number of halogens is 4. The van der Waals surface area contributed by atoms with Crippen molar-refractivity contribution < 1.29 is 27.5 Å². The Morgan fingerprint density at radius 3 is 2.46 bits per heavy atom. The van der Waals surface area contributed by atoms with E-state index in [-0.39, 0.29) is 40.8 Å². The maximum Gasteiger partial charge on any atom is 0.416 e. The number of aromatic nitrogens is 4. The minimum Gasteiger partial charge on any atom is -0.494 e. The third-order valence-corrected chi connectivity index (χ3v) is 7.70. The second kappa shape index (κ2) is 10.7. The second-order valence-electron chi connectivity index (χ2n) is 9.37. The van der Waals surface area contributed by atoms with E-state index >= 15 is 0 Å². The van der Waals surface area contributed by atoms with Crippen LogP contribution in [0.15, 0.2) is 30.6 Å². The van der Waals surface area contributed by atoms with E-state index in [2.05, 4.69) is 25.3 Å². The lowest BCUT2D eigenvalue weighted by molar-refractivity contribution is -0.138. The Hall–Kier alpha value is -4.10. The minimum atomic E-state index is -4.60. The van der Waals surface area contributed by atoms with E-state index in [1.54, 1.807) is 19.1 Å². The zero-order chi connectivity index (χ0) is 29.6. The highest BCUT2D eigenvalue weighted by molar-refractivity contribution is 7.16. The summed E-state index contributed by atoms with van der Waals surface area (Å²) < 4.78 is 45.8. The van der Waals surface area contributed by atoms with Gasteiger partial charge in [0.25, 0.3) is 11.8 Å². The smallest absolute Gasteiger partial charge is 0.416 e. The number of anilines is 1. The largest absolute Gasteiger partial charge is 0.494 e. The minimum absolute atomic E-state index is 0.0704. The fraction of sp³-hybridized carbons (Fsp3) is 0.259. The van der Waals surface area contributed by atoms with Gasteiger partial charge in [0.2, 0.25) is 0 Å². The molecule has 4 aromatic rings. The topological polar surface area (TPSA) is 110 Å². The number of rotatable bonds is 5. The van der Waals surface area contributed by atoms with Crippen LogP contribution in [0.2, 0.25) is 5.15 Å². The highest BCUT2D eigenvalue weighted by Crippen LogP contribution is 2.37. The molecule has 14 heteroatoms. The van der Waals surface area contributed by atoms with Crippen LogP contribution in [0.4, 0.5) is 18.3 Å². The van der Waals surface area contributed by atoms with E-state index in [0.29, 0.717) is 38.3 Å². The van der Waals surface area contributed by atoms with Crippen LogP contribution in [-0.2, 0) is 19.3 Å².